The molecule has 2 aliphatic heterocycles. The summed E-state index contributed by atoms with van der Waals surface area (Å²) in [6, 6.07) is 15.5. The van der Waals surface area contributed by atoms with Crippen molar-refractivity contribution in [2.24, 2.45) is 0 Å². The molecule has 12 heteroatoms. The molecule has 0 bridgehead atoms. The molecular formula is C28H32N6O5S. The molecule has 2 amide bonds. The summed E-state index contributed by atoms with van der Waals surface area (Å²) in [5.41, 5.74) is 2.69. The molecule has 2 aliphatic rings. The minimum Gasteiger partial charge on any atom is -0.379 e. The fourth-order valence-corrected chi connectivity index (χ4v) is 6.11. The van der Waals surface area contributed by atoms with Crippen LogP contribution in [0.25, 0.3) is 11.3 Å². The maximum Gasteiger partial charge on any atom is 0.253 e. The number of morpholine rings is 1. The van der Waals surface area contributed by atoms with E-state index in [9.17, 15) is 18.0 Å². The number of benzene rings is 2. The van der Waals surface area contributed by atoms with E-state index in [1.165, 1.54) is 4.31 Å². The average Bonchev–Trinajstić information content (AvgIpc) is 3.01. The third kappa shape index (κ3) is 6.14. The topological polar surface area (TPSA) is 125 Å². The summed E-state index contributed by atoms with van der Waals surface area (Å²) in [4.78, 5) is 37.5. The number of amides is 2. The molecule has 0 radical (unpaired) electrons. The zero-order valence-corrected chi connectivity index (χ0v) is 23.1. The van der Waals surface area contributed by atoms with Crippen LogP contribution in [0.4, 0.5) is 11.6 Å². The van der Waals surface area contributed by atoms with Gasteiger partial charge in [-0.3, -0.25) is 9.59 Å². The summed E-state index contributed by atoms with van der Waals surface area (Å²) in [6.07, 6.45) is 2.10. The molecular weight excluding hydrogens is 532 g/mol. The predicted octanol–water partition coefficient (Wildman–Crippen LogP) is 2.60. The minimum atomic E-state index is -3.57. The molecule has 2 fully saturated rings. The Bertz CT molecular complexity index is 1450. The lowest BCUT2D eigenvalue weighted by atomic mass is 10.1. The van der Waals surface area contributed by atoms with E-state index < -0.39 is 10.0 Å². The zero-order chi connectivity index (χ0) is 28.1. The van der Waals surface area contributed by atoms with Gasteiger partial charge in [0.2, 0.25) is 21.9 Å². The van der Waals surface area contributed by atoms with Crippen molar-refractivity contribution >= 4 is 33.5 Å². The summed E-state index contributed by atoms with van der Waals surface area (Å²) >= 11 is 0. The fraction of sp³-hybridized carbons (Fsp3) is 0.357. The monoisotopic (exact) mass is 564 g/mol. The Morgan fingerprint density at radius 2 is 1.52 bits per heavy atom. The maximum absolute atomic E-state index is 12.9. The van der Waals surface area contributed by atoms with Gasteiger partial charge >= 0.3 is 0 Å². The van der Waals surface area contributed by atoms with Crippen LogP contribution in [-0.4, -0.2) is 96.8 Å². The quantitative estimate of drug-likeness (QED) is 0.464. The summed E-state index contributed by atoms with van der Waals surface area (Å²) in [5.74, 6) is 0.424. The number of sulfonamides is 1. The van der Waals surface area contributed by atoms with Crippen molar-refractivity contribution in [3.05, 3.63) is 66.4 Å². The van der Waals surface area contributed by atoms with E-state index in [-0.39, 0.29) is 16.7 Å². The molecule has 11 nitrogen and oxygen atoms in total. The number of carbonyl (C=O) groups excluding carboxylic acids is 2. The second-order valence-corrected chi connectivity index (χ2v) is 11.5. The van der Waals surface area contributed by atoms with Crippen molar-refractivity contribution in [2.45, 2.75) is 18.2 Å². The molecule has 3 aromatic rings. The zero-order valence-electron chi connectivity index (χ0n) is 22.3. The number of piperazine rings is 1. The summed E-state index contributed by atoms with van der Waals surface area (Å²) in [7, 11) is -3.57. The number of anilines is 2. The lowest BCUT2D eigenvalue weighted by molar-refractivity contribution is -0.132. The van der Waals surface area contributed by atoms with Gasteiger partial charge in [0.1, 0.15) is 0 Å². The standard InChI is InChI=1S/C28H32N6O5S/c1-2-26(35)32-13-15-33(16-14-32)27(36)22-3-7-23(8-4-22)30-28-29-12-11-25(31-28)21-5-9-24(10-6-21)40(37,38)34-17-19-39-20-18-34/h3-12H,2,13-20H2,1H3,(H,29,30,31). The van der Waals surface area contributed by atoms with Crippen LogP contribution in [-0.2, 0) is 19.6 Å². The Balaban J connectivity index is 1.22. The first-order valence-corrected chi connectivity index (χ1v) is 14.7. The van der Waals surface area contributed by atoms with Crippen molar-refractivity contribution in [2.75, 3.05) is 57.8 Å². The molecule has 210 valence electrons. The third-order valence-corrected chi connectivity index (χ3v) is 8.94. The lowest BCUT2D eigenvalue weighted by Gasteiger charge is -2.34. The van der Waals surface area contributed by atoms with Crippen LogP contribution in [0, 0.1) is 0 Å². The first kappa shape index (κ1) is 27.7. The van der Waals surface area contributed by atoms with E-state index in [2.05, 4.69) is 15.3 Å². The van der Waals surface area contributed by atoms with E-state index in [4.69, 9.17) is 4.74 Å². The van der Waals surface area contributed by atoms with E-state index in [0.717, 1.165) is 11.3 Å². The molecule has 0 unspecified atom stereocenters. The summed E-state index contributed by atoms with van der Waals surface area (Å²) in [6.45, 7) is 5.47. The molecule has 40 heavy (non-hydrogen) atoms. The van der Waals surface area contributed by atoms with Gasteiger partial charge in [0.05, 0.1) is 23.8 Å². The van der Waals surface area contributed by atoms with Gasteiger partial charge in [0.15, 0.2) is 0 Å². The van der Waals surface area contributed by atoms with Gasteiger partial charge < -0.3 is 19.9 Å². The van der Waals surface area contributed by atoms with Crippen LogP contribution in [0.2, 0.25) is 0 Å². The highest BCUT2D eigenvalue weighted by atomic mass is 32.2. The van der Waals surface area contributed by atoms with Gasteiger partial charge in [-0.15, -0.1) is 0 Å². The Morgan fingerprint density at radius 3 is 2.17 bits per heavy atom. The Labute approximate surface area is 233 Å². The van der Waals surface area contributed by atoms with Crippen LogP contribution in [0.1, 0.15) is 23.7 Å². The van der Waals surface area contributed by atoms with Crippen molar-refractivity contribution in [3.63, 3.8) is 0 Å². The number of carbonyl (C=O) groups is 2. The number of hydrogen-bond acceptors (Lipinski definition) is 8. The van der Waals surface area contributed by atoms with Crippen molar-refractivity contribution < 1.29 is 22.7 Å². The predicted molar refractivity (Wildman–Crippen MR) is 150 cm³/mol. The van der Waals surface area contributed by atoms with Crippen LogP contribution in [0.15, 0.2) is 65.7 Å². The average molecular weight is 565 g/mol. The van der Waals surface area contributed by atoms with Crippen LogP contribution in [0.5, 0.6) is 0 Å². The van der Waals surface area contributed by atoms with Crippen molar-refractivity contribution in [3.8, 4) is 11.3 Å². The van der Waals surface area contributed by atoms with Gasteiger partial charge in [-0.2, -0.15) is 4.31 Å². The molecule has 2 aromatic carbocycles. The number of nitrogens with zero attached hydrogens (tertiary/aromatic N) is 5. The van der Waals surface area contributed by atoms with E-state index in [1.54, 1.807) is 70.6 Å². The molecule has 1 aromatic heterocycles. The lowest BCUT2D eigenvalue weighted by Crippen LogP contribution is -2.50. The molecule has 0 spiro atoms. The summed E-state index contributed by atoms with van der Waals surface area (Å²) in [5, 5.41) is 3.16. The number of aromatic nitrogens is 2. The number of nitrogens with one attached hydrogen (secondary N) is 1. The van der Waals surface area contributed by atoms with E-state index in [0.29, 0.717) is 76.1 Å². The Morgan fingerprint density at radius 1 is 0.875 bits per heavy atom. The van der Waals surface area contributed by atoms with Gasteiger partial charge in [-0.05, 0) is 42.5 Å². The van der Waals surface area contributed by atoms with Gasteiger partial charge in [0, 0.05) is 68.7 Å². The molecule has 2 saturated heterocycles. The SMILES string of the molecule is CCC(=O)N1CCN(C(=O)c2ccc(Nc3nccc(-c4ccc(S(=O)(=O)N5CCOCC5)cc4)n3)cc2)CC1. The van der Waals surface area contributed by atoms with Crippen LogP contribution in [0.3, 0.4) is 0 Å². The largest absolute Gasteiger partial charge is 0.379 e. The molecule has 0 aliphatic carbocycles. The third-order valence-electron chi connectivity index (χ3n) is 7.02. The van der Waals surface area contributed by atoms with E-state index in [1.807, 2.05) is 6.92 Å². The first-order chi connectivity index (χ1) is 19.3. The Hall–Kier alpha value is -3.87. The smallest absolute Gasteiger partial charge is 0.253 e. The van der Waals surface area contributed by atoms with Gasteiger partial charge in [0.25, 0.3) is 5.91 Å². The number of rotatable bonds is 7. The second-order valence-electron chi connectivity index (χ2n) is 9.54. The molecule has 3 heterocycles. The maximum atomic E-state index is 12.9. The normalized spacial score (nSPS) is 16.5. The Kier molecular flexibility index (Phi) is 8.38. The molecule has 0 atom stereocenters. The molecule has 0 saturated carbocycles. The first-order valence-electron chi connectivity index (χ1n) is 13.3. The van der Waals surface area contributed by atoms with E-state index >= 15 is 0 Å². The van der Waals surface area contributed by atoms with Crippen molar-refractivity contribution in [1.29, 1.82) is 0 Å². The van der Waals surface area contributed by atoms with Gasteiger partial charge in [-0.25, -0.2) is 18.4 Å². The van der Waals surface area contributed by atoms with Gasteiger partial charge in [-0.1, -0.05) is 19.1 Å². The highest BCUT2D eigenvalue weighted by Gasteiger charge is 2.26. The number of hydrogen-bond donors (Lipinski definition) is 1. The molecule has 5 rings (SSSR count). The number of ether oxygens (including phenoxy) is 1. The van der Waals surface area contributed by atoms with Crippen LogP contribution >= 0.6 is 0 Å². The molecule has 1 N–H and O–H groups in total. The highest BCUT2D eigenvalue weighted by molar-refractivity contribution is 7.89. The van der Waals surface area contributed by atoms with Crippen LogP contribution < -0.4 is 5.32 Å². The minimum absolute atomic E-state index is 0.0625. The highest BCUT2D eigenvalue weighted by Crippen LogP contribution is 2.24. The van der Waals surface area contributed by atoms with Crippen molar-refractivity contribution in [1.82, 2.24) is 24.1 Å². The summed E-state index contributed by atoms with van der Waals surface area (Å²) < 4.78 is 32.5. The fourth-order valence-electron chi connectivity index (χ4n) is 4.70. The second kappa shape index (κ2) is 12.1.